The lowest BCUT2D eigenvalue weighted by molar-refractivity contribution is 0.0624. The van der Waals surface area contributed by atoms with Crippen LogP contribution in [-0.4, -0.2) is 43.2 Å². The lowest BCUT2D eigenvalue weighted by Gasteiger charge is -2.47. The number of nitrogens with one attached hydrogen (secondary N) is 2. The Labute approximate surface area is 92.4 Å². The van der Waals surface area contributed by atoms with Crippen molar-refractivity contribution in [3.05, 3.63) is 0 Å². The SMILES string of the molecule is CC(C)NC(=O)NCC1(N(C)C)CCC1. The van der Waals surface area contributed by atoms with Gasteiger partial charge in [0.1, 0.15) is 0 Å². The van der Waals surface area contributed by atoms with Gasteiger partial charge < -0.3 is 15.5 Å². The van der Waals surface area contributed by atoms with E-state index in [2.05, 4.69) is 29.6 Å². The van der Waals surface area contributed by atoms with Gasteiger partial charge in [0.15, 0.2) is 0 Å². The predicted octanol–water partition coefficient (Wildman–Crippen LogP) is 1.18. The van der Waals surface area contributed by atoms with E-state index in [-0.39, 0.29) is 17.6 Å². The van der Waals surface area contributed by atoms with Crippen LogP contribution in [0, 0.1) is 0 Å². The van der Waals surface area contributed by atoms with Crippen LogP contribution in [0.15, 0.2) is 0 Å². The van der Waals surface area contributed by atoms with E-state index in [1.54, 1.807) is 0 Å². The van der Waals surface area contributed by atoms with Crippen molar-refractivity contribution in [2.45, 2.75) is 44.7 Å². The fourth-order valence-corrected chi connectivity index (χ4v) is 1.93. The van der Waals surface area contributed by atoms with E-state index in [1.807, 2.05) is 13.8 Å². The molecule has 0 atom stereocenters. The summed E-state index contributed by atoms with van der Waals surface area (Å²) < 4.78 is 0. The van der Waals surface area contributed by atoms with Gasteiger partial charge in [-0.1, -0.05) is 0 Å². The summed E-state index contributed by atoms with van der Waals surface area (Å²) in [6.45, 7) is 4.67. The summed E-state index contributed by atoms with van der Waals surface area (Å²) in [4.78, 5) is 13.7. The average Bonchev–Trinajstić information content (AvgIpc) is 1.99. The van der Waals surface area contributed by atoms with Crippen LogP contribution >= 0.6 is 0 Å². The summed E-state index contributed by atoms with van der Waals surface area (Å²) in [7, 11) is 4.17. The lowest BCUT2D eigenvalue weighted by Crippen LogP contribution is -2.58. The Morgan fingerprint density at radius 1 is 1.40 bits per heavy atom. The van der Waals surface area contributed by atoms with Gasteiger partial charge in [-0.05, 0) is 47.2 Å². The molecule has 1 rings (SSSR count). The van der Waals surface area contributed by atoms with Crippen LogP contribution in [0.5, 0.6) is 0 Å². The first-order chi connectivity index (χ1) is 6.96. The molecule has 1 saturated carbocycles. The van der Waals surface area contributed by atoms with Crippen LogP contribution in [0.3, 0.4) is 0 Å². The summed E-state index contributed by atoms with van der Waals surface area (Å²) in [5.74, 6) is 0. The van der Waals surface area contributed by atoms with Crippen molar-refractivity contribution < 1.29 is 4.79 Å². The number of urea groups is 1. The molecule has 2 N–H and O–H groups in total. The molecule has 0 unspecified atom stereocenters. The highest BCUT2D eigenvalue weighted by Crippen LogP contribution is 2.35. The van der Waals surface area contributed by atoms with Gasteiger partial charge in [-0.2, -0.15) is 0 Å². The van der Waals surface area contributed by atoms with Gasteiger partial charge in [-0.15, -0.1) is 0 Å². The standard InChI is InChI=1S/C11H23N3O/c1-9(2)13-10(15)12-8-11(14(3)4)6-5-7-11/h9H,5-8H2,1-4H3,(H2,12,13,15). The second-order valence-corrected chi connectivity index (χ2v) is 4.95. The zero-order chi connectivity index (χ0) is 11.5. The number of amides is 2. The van der Waals surface area contributed by atoms with E-state index in [4.69, 9.17) is 0 Å². The van der Waals surface area contributed by atoms with Gasteiger partial charge in [0.05, 0.1) is 0 Å². The highest BCUT2D eigenvalue weighted by atomic mass is 16.2. The highest BCUT2D eigenvalue weighted by Gasteiger charge is 2.39. The summed E-state index contributed by atoms with van der Waals surface area (Å²) in [5, 5.41) is 5.78. The van der Waals surface area contributed by atoms with Crippen molar-refractivity contribution in [2.75, 3.05) is 20.6 Å². The highest BCUT2D eigenvalue weighted by molar-refractivity contribution is 5.74. The van der Waals surface area contributed by atoms with Crippen LogP contribution in [0.25, 0.3) is 0 Å². The average molecular weight is 213 g/mol. The molecule has 0 aromatic carbocycles. The van der Waals surface area contributed by atoms with E-state index in [9.17, 15) is 4.79 Å². The van der Waals surface area contributed by atoms with Crippen molar-refractivity contribution in [3.8, 4) is 0 Å². The molecule has 1 fully saturated rings. The molecule has 0 aliphatic heterocycles. The Bertz CT molecular complexity index is 222. The van der Waals surface area contributed by atoms with Crippen molar-refractivity contribution in [3.63, 3.8) is 0 Å². The van der Waals surface area contributed by atoms with E-state index in [0.717, 1.165) is 6.54 Å². The molecule has 0 bridgehead atoms. The fraction of sp³-hybridized carbons (Fsp3) is 0.909. The summed E-state index contributed by atoms with van der Waals surface area (Å²) in [6.07, 6.45) is 3.63. The van der Waals surface area contributed by atoms with Gasteiger partial charge in [0, 0.05) is 18.1 Å². The van der Waals surface area contributed by atoms with Gasteiger partial charge in [0.25, 0.3) is 0 Å². The maximum atomic E-state index is 11.4. The predicted molar refractivity (Wildman–Crippen MR) is 61.9 cm³/mol. The monoisotopic (exact) mass is 213 g/mol. The summed E-state index contributed by atoms with van der Waals surface area (Å²) >= 11 is 0. The number of carbonyl (C=O) groups excluding carboxylic acids is 1. The molecule has 1 aliphatic rings. The van der Waals surface area contributed by atoms with Gasteiger partial charge in [0.2, 0.25) is 0 Å². The minimum atomic E-state index is -0.0573. The largest absolute Gasteiger partial charge is 0.336 e. The van der Waals surface area contributed by atoms with Crippen LogP contribution in [0.1, 0.15) is 33.1 Å². The fourth-order valence-electron chi connectivity index (χ4n) is 1.93. The lowest BCUT2D eigenvalue weighted by atomic mass is 9.75. The van der Waals surface area contributed by atoms with E-state index < -0.39 is 0 Å². The molecule has 0 saturated heterocycles. The Hall–Kier alpha value is -0.770. The van der Waals surface area contributed by atoms with Gasteiger partial charge >= 0.3 is 6.03 Å². The molecule has 1 aliphatic carbocycles. The quantitative estimate of drug-likeness (QED) is 0.736. The molecule has 4 nitrogen and oxygen atoms in total. The molecule has 0 aromatic heterocycles. The molecule has 0 radical (unpaired) electrons. The third-order valence-corrected chi connectivity index (χ3v) is 3.23. The maximum absolute atomic E-state index is 11.4. The third kappa shape index (κ3) is 3.09. The molecule has 0 aromatic rings. The maximum Gasteiger partial charge on any atom is 0.315 e. The molecule has 0 spiro atoms. The van der Waals surface area contributed by atoms with E-state index >= 15 is 0 Å². The number of carbonyl (C=O) groups is 1. The first kappa shape index (κ1) is 12.3. The Morgan fingerprint density at radius 3 is 2.33 bits per heavy atom. The first-order valence-electron chi connectivity index (χ1n) is 5.68. The van der Waals surface area contributed by atoms with E-state index in [0.29, 0.717) is 0 Å². The summed E-state index contributed by atoms with van der Waals surface area (Å²) in [6, 6.07) is 0.139. The minimum Gasteiger partial charge on any atom is -0.336 e. The number of nitrogens with zero attached hydrogens (tertiary/aromatic N) is 1. The zero-order valence-corrected chi connectivity index (χ0v) is 10.3. The normalized spacial score (nSPS) is 18.8. The van der Waals surface area contributed by atoms with Gasteiger partial charge in [-0.25, -0.2) is 4.79 Å². The van der Waals surface area contributed by atoms with Crippen LogP contribution in [0.2, 0.25) is 0 Å². The molecule has 0 heterocycles. The topological polar surface area (TPSA) is 44.4 Å². The second-order valence-electron chi connectivity index (χ2n) is 4.95. The Kier molecular flexibility index (Phi) is 3.97. The first-order valence-corrected chi connectivity index (χ1v) is 5.68. The third-order valence-electron chi connectivity index (χ3n) is 3.23. The Morgan fingerprint density at radius 2 is 2.00 bits per heavy atom. The minimum absolute atomic E-state index is 0.0573. The van der Waals surface area contributed by atoms with Crippen LogP contribution < -0.4 is 10.6 Å². The second kappa shape index (κ2) is 4.84. The summed E-state index contributed by atoms with van der Waals surface area (Å²) in [5.41, 5.74) is 0.203. The molecule has 15 heavy (non-hydrogen) atoms. The molecular formula is C11H23N3O. The van der Waals surface area contributed by atoms with Crippen molar-refractivity contribution in [2.24, 2.45) is 0 Å². The molecule has 88 valence electrons. The molecular weight excluding hydrogens is 190 g/mol. The van der Waals surface area contributed by atoms with Crippen molar-refractivity contribution in [1.29, 1.82) is 0 Å². The van der Waals surface area contributed by atoms with Crippen molar-refractivity contribution >= 4 is 6.03 Å². The number of hydrogen-bond donors (Lipinski definition) is 2. The smallest absolute Gasteiger partial charge is 0.315 e. The van der Waals surface area contributed by atoms with Gasteiger partial charge in [-0.3, -0.25) is 0 Å². The number of hydrogen-bond acceptors (Lipinski definition) is 2. The van der Waals surface area contributed by atoms with Crippen LogP contribution in [0.4, 0.5) is 4.79 Å². The number of rotatable bonds is 4. The molecule has 4 heteroatoms. The van der Waals surface area contributed by atoms with E-state index in [1.165, 1.54) is 19.3 Å². The zero-order valence-electron chi connectivity index (χ0n) is 10.3. The molecule has 2 amide bonds. The van der Waals surface area contributed by atoms with Crippen molar-refractivity contribution in [1.82, 2.24) is 15.5 Å². The Balaban J connectivity index is 2.32. The number of likely N-dealkylation sites (N-methyl/N-ethyl adjacent to an activating group) is 1. The van der Waals surface area contributed by atoms with Crippen LogP contribution in [-0.2, 0) is 0 Å².